The molecule has 3 N–H and O–H groups in total. The van der Waals surface area contributed by atoms with Gasteiger partial charge in [-0.3, -0.25) is 10.1 Å². The third-order valence-corrected chi connectivity index (χ3v) is 6.17. The summed E-state index contributed by atoms with van der Waals surface area (Å²) in [7, 11) is -1.85. The highest BCUT2D eigenvalue weighted by Crippen LogP contribution is 2.34. The van der Waals surface area contributed by atoms with Crippen LogP contribution in [0, 0.1) is 10.1 Å². The van der Waals surface area contributed by atoms with E-state index in [1.165, 1.54) is 0 Å². The average molecular weight is 336 g/mol. The number of nitrogen functional groups attached to an aromatic ring is 1. The van der Waals surface area contributed by atoms with Gasteiger partial charge in [0.05, 0.1) is 4.92 Å². The molecule has 120 valence electrons. The van der Waals surface area contributed by atoms with Crippen molar-refractivity contribution in [1.82, 2.24) is 9.62 Å². The first-order valence-electron chi connectivity index (χ1n) is 6.42. The van der Waals surface area contributed by atoms with Crippen molar-refractivity contribution in [3.8, 4) is 0 Å². The SMILES string of the molecule is CCC(C)N(C)CCNS(=O)(=O)c1cc([N+](=O)[O-])c(N)s1. The highest BCUT2D eigenvalue weighted by atomic mass is 32.2. The minimum absolute atomic E-state index is 0.114. The lowest BCUT2D eigenvalue weighted by molar-refractivity contribution is -0.383. The van der Waals surface area contributed by atoms with E-state index in [1.54, 1.807) is 0 Å². The number of nitrogens with zero attached hydrogens (tertiary/aromatic N) is 2. The third-order valence-electron chi connectivity index (χ3n) is 3.28. The monoisotopic (exact) mass is 336 g/mol. The maximum absolute atomic E-state index is 12.0. The summed E-state index contributed by atoms with van der Waals surface area (Å²) in [6.45, 7) is 4.89. The topological polar surface area (TPSA) is 119 Å². The van der Waals surface area contributed by atoms with E-state index >= 15 is 0 Å². The van der Waals surface area contributed by atoms with Crippen molar-refractivity contribution in [3.63, 3.8) is 0 Å². The highest BCUT2D eigenvalue weighted by Gasteiger charge is 2.24. The minimum Gasteiger partial charge on any atom is -0.385 e. The van der Waals surface area contributed by atoms with Gasteiger partial charge >= 0.3 is 5.69 Å². The lowest BCUT2D eigenvalue weighted by Crippen LogP contribution is -2.36. The van der Waals surface area contributed by atoms with Crippen molar-refractivity contribution >= 4 is 32.0 Å². The van der Waals surface area contributed by atoms with E-state index < -0.39 is 14.9 Å². The summed E-state index contributed by atoms with van der Waals surface area (Å²) in [5, 5.41) is 10.6. The number of nitro groups is 1. The predicted molar refractivity (Wildman–Crippen MR) is 83.0 cm³/mol. The van der Waals surface area contributed by atoms with Crippen LogP contribution in [0.4, 0.5) is 10.7 Å². The number of sulfonamides is 1. The maximum atomic E-state index is 12.0. The molecule has 0 aliphatic carbocycles. The van der Waals surface area contributed by atoms with Gasteiger partial charge in [0.1, 0.15) is 4.21 Å². The van der Waals surface area contributed by atoms with Crippen LogP contribution in [0.25, 0.3) is 0 Å². The number of hydrogen-bond acceptors (Lipinski definition) is 7. The second kappa shape index (κ2) is 7.16. The first-order valence-corrected chi connectivity index (χ1v) is 8.72. The Morgan fingerprint density at radius 1 is 1.57 bits per heavy atom. The Hall–Kier alpha value is -1.23. The Kier molecular flexibility index (Phi) is 6.08. The molecule has 0 bridgehead atoms. The summed E-state index contributed by atoms with van der Waals surface area (Å²) < 4.78 is 26.4. The molecule has 0 radical (unpaired) electrons. The van der Waals surface area contributed by atoms with Gasteiger partial charge in [0.2, 0.25) is 10.0 Å². The van der Waals surface area contributed by atoms with Gasteiger partial charge in [-0.05, 0) is 20.4 Å². The predicted octanol–water partition coefficient (Wildman–Crippen LogP) is 1.25. The van der Waals surface area contributed by atoms with Gasteiger partial charge in [0.25, 0.3) is 0 Å². The molecule has 0 saturated heterocycles. The van der Waals surface area contributed by atoms with E-state index in [-0.39, 0.29) is 21.4 Å². The second-order valence-corrected chi connectivity index (χ2v) is 7.79. The Labute approximate surface area is 128 Å². The zero-order valence-electron chi connectivity index (χ0n) is 12.2. The van der Waals surface area contributed by atoms with Crippen molar-refractivity contribution in [2.75, 3.05) is 25.9 Å². The molecule has 1 aromatic rings. The van der Waals surface area contributed by atoms with Crippen molar-refractivity contribution in [2.45, 2.75) is 30.5 Å². The molecule has 21 heavy (non-hydrogen) atoms. The molecule has 1 unspecified atom stereocenters. The van der Waals surface area contributed by atoms with Crippen LogP contribution in [-0.4, -0.2) is 44.4 Å². The zero-order valence-corrected chi connectivity index (χ0v) is 13.8. The van der Waals surface area contributed by atoms with E-state index in [0.29, 0.717) is 23.9 Å². The van der Waals surface area contributed by atoms with E-state index in [1.807, 2.05) is 11.9 Å². The molecule has 8 nitrogen and oxygen atoms in total. The standard InChI is InChI=1S/C11H20N4O4S2/c1-4-8(2)14(3)6-5-13-21(18,19)10-7-9(15(16)17)11(12)20-10/h7-8,13H,4-6,12H2,1-3H3. The first-order chi connectivity index (χ1) is 9.69. The molecule has 0 saturated carbocycles. The van der Waals surface area contributed by atoms with Crippen LogP contribution in [-0.2, 0) is 10.0 Å². The smallest absolute Gasteiger partial charge is 0.304 e. The minimum atomic E-state index is -3.77. The summed E-state index contributed by atoms with van der Waals surface area (Å²) in [5.74, 6) is 0. The van der Waals surface area contributed by atoms with Crippen LogP contribution in [0.15, 0.2) is 10.3 Å². The van der Waals surface area contributed by atoms with E-state index in [4.69, 9.17) is 5.73 Å². The molecule has 0 aliphatic rings. The lowest BCUT2D eigenvalue weighted by Gasteiger charge is -2.23. The fourth-order valence-electron chi connectivity index (χ4n) is 1.61. The average Bonchev–Trinajstić information content (AvgIpc) is 2.80. The molecule has 0 amide bonds. The van der Waals surface area contributed by atoms with Crippen LogP contribution in [0.5, 0.6) is 0 Å². The van der Waals surface area contributed by atoms with Crippen LogP contribution in [0.2, 0.25) is 0 Å². The molecule has 1 aromatic heterocycles. The van der Waals surface area contributed by atoms with Crippen LogP contribution < -0.4 is 10.5 Å². The van der Waals surface area contributed by atoms with Crippen molar-refractivity contribution < 1.29 is 13.3 Å². The Balaban J connectivity index is 2.70. The fourth-order valence-corrected chi connectivity index (χ4v) is 3.89. The molecule has 10 heteroatoms. The highest BCUT2D eigenvalue weighted by molar-refractivity contribution is 7.91. The third kappa shape index (κ3) is 4.63. The van der Waals surface area contributed by atoms with Gasteiger partial charge in [-0.1, -0.05) is 18.3 Å². The van der Waals surface area contributed by atoms with E-state index in [2.05, 4.69) is 18.6 Å². The van der Waals surface area contributed by atoms with Gasteiger partial charge in [-0.25, -0.2) is 13.1 Å². The number of thiophene rings is 1. The number of hydrogen-bond donors (Lipinski definition) is 2. The molecular formula is C11H20N4O4S2. The number of likely N-dealkylation sites (N-methyl/N-ethyl adjacent to an activating group) is 1. The van der Waals surface area contributed by atoms with Crippen LogP contribution in [0.3, 0.4) is 0 Å². The number of rotatable bonds is 8. The molecule has 0 aromatic carbocycles. The first kappa shape index (κ1) is 17.8. The quantitative estimate of drug-likeness (QED) is 0.545. The Morgan fingerprint density at radius 3 is 2.67 bits per heavy atom. The normalized spacial score (nSPS) is 13.5. The molecule has 0 fully saturated rings. The van der Waals surface area contributed by atoms with Crippen molar-refractivity contribution in [3.05, 3.63) is 16.2 Å². The maximum Gasteiger partial charge on any atom is 0.304 e. The summed E-state index contributed by atoms with van der Waals surface area (Å²) in [6, 6.07) is 1.34. The fraction of sp³-hybridized carbons (Fsp3) is 0.636. The lowest BCUT2D eigenvalue weighted by atomic mass is 10.2. The Bertz CT molecular complexity index is 599. The largest absolute Gasteiger partial charge is 0.385 e. The van der Waals surface area contributed by atoms with Gasteiger partial charge in [-0.15, -0.1) is 0 Å². The molecular weight excluding hydrogens is 316 g/mol. The van der Waals surface area contributed by atoms with Crippen molar-refractivity contribution in [2.24, 2.45) is 0 Å². The number of nitrogens with one attached hydrogen (secondary N) is 1. The van der Waals surface area contributed by atoms with Crippen LogP contribution in [0.1, 0.15) is 20.3 Å². The Morgan fingerprint density at radius 2 is 2.19 bits per heavy atom. The summed E-state index contributed by atoms with van der Waals surface area (Å²) in [6.07, 6.45) is 0.969. The number of anilines is 1. The molecule has 1 rings (SSSR count). The molecule has 1 heterocycles. The molecule has 0 aliphatic heterocycles. The van der Waals surface area contributed by atoms with Gasteiger partial charge in [0.15, 0.2) is 5.00 Å². The van der Waals surface area contributed by atoms with Crippen LogP contribution >= 0.6 is 11.3 Å². The van der Waals surface area contributed by atoms with Gasteiger partial charge in [0, 0.05) is 25.2 Å². The second-order valence-electron chi connectivity index (χ2n) is 4.71. The summed E-state index contributed by atoms with van der Waals surface area (Å²) >= 11 is 0.691. The number of nitrogens with two attached hydrogens (primary N) is 1. The summed E-state index contributed by atoms with van der Waals surface area (Å²) in [5.41, 5.74) is 5.07. The van der Waals surface area contributed by atoms with Gasteiger partial charge < -0.3 is 10.6 Å². The molecule has 1 atom stereocenters. The zero-order chi connectivity index (χ0) is 16.2. The van der Waals surface area contributed by atoms with E-state index in [9.17, 15) is 18.5 Å². The molecule has 0 spiro atoms. The van der Waals surface area contributed by atoms with Crippen molar-refractivity contribution in [1.29, 1.82) is 0 Å². The van der Waals surface area contributed by atoms with E-state index in [0.717, 1.165) is 12.5 Å². The van der Waals surface area contributed by atoms with Gasteiger partial charge in [-0.2, -0.15) is 0 Å². The summed E-state index contributed by atoms with van der Waals surface area (Å²) in [4.78, 5) is 12.0.